The molecule has 0 radical (unpaired) electrons. The summed E-state index contributed by atoms with van der Waals surface area (Å²) in [5, 5.41) is 6.33. The molecule has 0 saturated heterocycles. The summed E-state index contributed by atoms with van der Waals surface area (Å²) in [6.45, 7) is 15.7. The average Bonchev–Trinajstić information content (AvgIpc) is 3.34. The summed E-state index contributed by atoms with van der Waals surface area (Å²) in [6.07, 6.45) is 0.791. The Kier molecular flexibility index (Phi) is 9.72. The van der Waals surface area contributed by atoms with Gasteiger partial charge in [0.2, 0.25) is 0 Å². The molecular weight excluding hydrogens is 463 g/mol. The lowest BCUT2D eigenvalue weighted by Gasteiger charge is -2.26. The van der Waals surface area contributed by atoms with Gasteiger partial charge in [0, 0.05) is 4.88 Å². The quantitative estimate of drug-likeness (QED) is 0.213. The SMILES string of the molecule is C=C(OCC)[C@H](C)NP(=O)(N[C@@H](C)C(=O)OCC)c1ccc(-c2nc(N)sc2CC(C)C)o1. The number of nitrogen functional groups attached to an aromatic ring is 1. The highest BCUT2D eigenvalue weighted by Gasteiger charge is 2.35. The van der Waals surface area contributed by atoms with Crippen LogP contribution in [0, 0.1) is 5.92 Å². The Morgan fingerprint density at radius 1 is 1.18 bits per heavy atom. The molecule has 0 saturated carbocycles. The molecule has 184 valence electrons. The predicted molar refractivity (Wildman–Crippen MR) is 133 cm³/mol. The lowest BCUT2D eigenvalue weighted by atomic mass is 10.1. The van der Waals surface area contributed by atoms with Crippen molar-refractivity contribution in [3.8, 4) is 11.5 Å². The number of carbonyl (C=O) groups is 1. The highest BCUT2D eigenvalue weighted by atomic mass is 32.1. The molecular formula is C22H35N4O5PS. The summed E-state index contributed by atoms with van der Waals surface area (Å²) in [7, 11) is -3.64. The molecule has 0 amide bonds. The summed E-state index contributed by atoms with van der Waals surface area (Å²) in [5.74, 6) is 0.761. The lowest BCUT2D eigenvalue weighted by Crippen LogP contribution is -2.42. The second-order valence-corrected chi connectivity index (χ2v) is 11.3. The van der Waals surface area contributed by atoms with Gasteiger partial charge in [-0.05, 0) is 52.2 Å². The minimum absolute atomic E-state index is 0.145. The van der Waals surface area contributed by atoms with Gasteiger partial charge in [0.1, 0.15) is 17.5 Å². The fourth-order valence-electron chi connectivity index (χ4n) is 3.11. The van der Waals surface area contributed by atoms with Crippen LogP contribution >= 0.6 is 18.8 Å². The summed E-state index contributed by atoms with van der Waals surface area (Å²) >= 11 is 1.41. The third-order valence-electron chi connectivity index (χ3n) is 4.65. The molecule has 2 heterocycles. The number of nitrogens with one attached hydrogen (secondary N) is 2. The largest absolute Gasteiger partial charge is 0.497 e. The molecule has 9 nitrogen and oxygen atoms in total. The first-order chi connectivity index (χ1) is 15.5. The molecule has 3 atom stereocenters. The normalized spacial score (nSPS) is 15.1. The van der Waals surface area contributed by atoms with Gasteiger partial charge in [0.05, 0.1) is 19.3 Å². The summed E-state index contributed by atoms with van der Waals surface area (Å²) in [5.41, 5.74) is 6.73. The van der Waals surface area contributed by atoms with E-state index in [0.717, 1.165) is 11.3 Å². The Balaban J connectivity index is 2.42. The number of ether oxygens (including phenoxy) is 2. The minimum atomic E-state index is -3.64. The van der Waals surface area contributed by atoms with Gasteiger partial charge in [-0.3, -0.25) is 9.36 Å². The van der Waals surface area contributed by atoms with Crippen LogP contribution in [0.1, 0.15) is 46.4 Å². The number of nitrogens with two attached hydrogens (primary N) is 1. The third-order valence-corrected chi connectivity index (χ3v) is 7.92. The average molecular weight is 499 g/mol. The van der Waals surface area contributed by atoms with Crippen LogP contribution in [0.15, 0.2) is 28.9 Å². The Hall–Kier alpha value is -2.13. The molecule has 0 spiro atoms. The van der Waals surface area contributed by atoms with Crippen molar-refractivity contribution in [1.29, 1.82) is 0 Å². The van der Waals surface area contributed by atoms with Crippen molar-refractivity contribution in [2.75, 3.05) is 18.9 Å². The number of aromatic nitrogens is 1. The van der Waals surface area contributed by atoms with Crippen molar-refractivity contribution in [1.82, 2.24) is 15.2 Å². The smallest absolute Gasteiger partial charge is 0.323 e. The van der Waals surface area contributed by atoms with Crippen molar-refractivity contribution >= 4 is 35.4 Å². The number of hydrogen-bond acceptors (Lipinski definition) is 8. The Bertz CT molecular complexity index is 973. The van der Waals surface area contributed by atoms with Crippen LogP contribution in [0.25, 0.3) is 11.5 Å². The summed E-state index contributed by atoms with van der Waals surface area (Å²) < 4.78 is 30.6. The third kappa shape index (κ3) is 7.17. The zero-order chi connectivity index (χ0) is 24.8. The molecule has 11 heteroatoms. The molecule has 0 aliphatic carbocycles. The van der Waals surface area contributed by atoms with Gasteiger partial charge in [-0.1, -0.05) is 20.4 Å². The van der Waals surface area contributed by atoms with E-state index in [0.29, 0.717) is 34.9 Å². The van der Waals surface area contributed by atoms with Crippen molar-refractivity contribution < 1.29 is 23.3 Å². The Labute approximate surface area is 199 Å². The van der Waals surface area contributed by atoms with Gasteiger partial charge >= 0.3 is 5.97 Å². The van der Waals surface area contributed by atoms with Crippen molar-refractivity contribution in [3.05, 3.63) is 29.3 Å². The van der Waals surface area contributed by atoms with Crippen LogP contribution in [-0.2, 0) is 25.3 Å². The van der Waals surface area contributed by atoms with Crippen LogP contribution in [0.4, 0.5) is 5.13 Å². The molecule has 0 bridgehead atoms. The van der Waals surface area contributed by atoms with Gasteiger partial charge < -0.3 is 19.6 Å². The highest BCUT2D eigenvalue weighted by Crippen LogP contribution is 2.40. The van der Waals surface area contributed by atoms with Gasteiger partial charge in [-0.15, -0.1) is 11.3 Å². The molecule has 0 aliphatic heterocycles. The van der Waals surface area contributed by atoms with Gasteiger partial charge in [-0.25, -0.2) is 15.2 Å². The summed E-state index contributed by atoms with van der Waals surface area (Å²) in [4.78, 5) is 17.6. The Morgan fingerprint density at radius 3 is 2.42 bits per heavy atom. The number of anilines is 1. The molecule has 0 fully saturated rings. The predicted octanol–water partition coefficient (Wildman–Crippen LogP) is 4.07. The van der Waals surface area contributed by atoms with Crippen molar-refractivity contribution in [2.24, 2.45) is 5.92 Å². The molecule has 4 N–H and O–H groups in total. The van der Waals surface area contributed by atoms with E-state index in [1.54, 1.807) is 32.9 Å². The number of nitrogens with zero attached hydrogens (tertiary/aromatic N) is 1. The zero-order valence-electron chi connectivity index (χ0n) is 20.1. The zero-order valence-corrected chi connectivity index (χ0v) is 21.8. The first-order valence-corrected chi connectivity index (χ1v) is 13.5. The maximum Gasteiger partial charge on any atom is 0.323 e. The van der Waals surface area contributed by atoms with E-state index in [9.17, 15) is 9.36 Å². The maximum absolute atomic E-state index is 14.1. The van der Waals surface area contributed by atoms with Gasteiger partial charge in [0.15, 0.2) is 16.4 Å². The minimum Gasteiger partial charge on any atom is -0.497 e. The maximum atomic E-state index is 14.1. The summed E-state index contributed by atoms with van der Waals surface area (Å²) in [6, 6.07) is 1.98. The van der Waals surface area contributed by atoms with Crippen molar-refractivity contribution in [2.45, 2.75) is 60.0 Å². The fourth-order valence-corrected chi connectivity index (χ4v) is 6.34. The Morgan fingerprint density at radius 2 is 1.82 bits per heavy atom. The number of rotatable bonds is 13. The van der Waals surface area contributed by atoms with E-state index >= 15 is 0 Å². The highest BCUT2D eigenvalue weighted by molar-refractivity contribution is 7.67. The molecule has 2 aromatic rings. The standard InChI is InChI=1S/C22H35N4O5PS/c1-8-29-16(7)14(5)25-32(28,26-15(6)21(27)30-9-2)19-11-10-17(31-19)20-18(12-13(3)4)33-22(23)24-20/h10-11,13-15H,7-9,12H2,1-6H3,(H2,23,24)(H2,25,26,28)/t14-,15-,32?/m0/s1. The molecule has 33 heavy (non-hydrogen) atoms. The van der Waals surface area contributed by atoms with Crippen LogP contribution in [0.3, 0.4) is 0 Å². The topological polar surface area (TPSA) is 129 Å². The first-order valence-electron chi connectivity index (χ1n) is 11.0. The van der Waals surface area contributed by atoms with Crippen LogP contribution < -0.4 is 21.4 Å². The molecule has 2 rings (SSSR count). The second kappa shape index (κ2) is 11.8. The van der Waals surface area contributed by atoms with E-state index in [1.807, 2.05) is 6.92 Å². The number of hydrogen-bond donors (Lipinski definition) is 3. The monoisotopic (exact) mass is 498 g/mol. The lowest BCUT2D eigenvalue weighted by molar-refractivity contribution is -0.144. The number of esters is 1. The van der Waals surface area contributed by atoms with E-state index in [-0.39, 0.29) is 12.1 Å². The fraction of sp³-hybridized carbons (Fsp3) is 0.545. The van der Waals surface area contributed by atoms with E-state index < -0.39 is 25.5 Å². The number of thiazole rings is 1. The molecule has 0 aromatic carbocycles. The van der Waals surface area contributed by atoms with E-state index in [4.69, 9.17) is 19.6 Å². The van der Waals surface area contributed by atoms with Crippen LogP contribution in [0.5, 0.6) is 0 Å². The van der Waals surface area contributed by atoms with E-state index in [1.165, 1.54) is 11.3 Å². The van der Waals surface area contributed by atoms with Gasteiger partial charge in [-0.2, -0.15) is 0 Å². The number of carbonyl (C=O) groups excluding carboxylic acids is 1. The second-order valence-electron chi connectivity index (χ2n) is 8.02. The first kappa shape index (κ1) is 27.1. The van der Waals surface area contributed by atoms with Gasteiger partial charge in [0.25, 0.3) is 7.44 Å². The van der Waals surface area contributed by atoms with E-state index in [2.05, 4.69) is 35.6 Å². The molecule has 2 aromatic heterocycles. The molecule has 0 aliphatic rings. The van der Waals surface area contributed by atoms with Crippen LogP contribution in [0.2, 0.25) is 0 Å². The van der Waals surface area contributed by atoms with Crippen LogP contribution in [-0.4, -0.2) is 36.3 Å². The number of furan rings is 1. The molecule has 1 unspecified atom stereocenters. The van der Waals surface area contributed by atoms with Crippen molar-refractivity contribution in [3.63, 3.8) is 0 Å².